The number of rotatable bonds is 4. The molecule has 3 amide bonds. The zero-order valence-corrected chi connectivity index (χ0v) is 18.2. The molecule has 1 aromatic heterocycles. The third-order valence-electron chi connectivity index (χ3n) is 6.17. The Bertz CT molecular complexity index is 1190. The Morgan fingerprint density at radius 1 is 1.27 bits per heavy atom. The first-order valence-electron chi connectivity index (χ1n) is 10.5. The Morgan fingerprint density at radius 2 is 1.97 bits per heavy atom. The van der Waals surface area contributed by atoms with Crippen LogP contribution in [-0.4, -0.2) is 51.4 Å². The maximum atomic E-state index is 13.1. The van der Waals surface area contributed by atoms with E-state index in [-0.39, 0.29) is 18.3 Å². The van der Waals surface area contributed by atoms with E-state index in [2.05, 4.69) is 15.6 Å². The molecule has 1 aliphatic carbocycles. The molecule has 10 nitrogen and oxygen atoms in total. The van der Waals surface area contributed by atoms with E-state index in [9.17, 15) is 28.7 Å². The van der Waals surface area contributed by atoms with Crippen LogP contribution < -0.4 is 16.2 Å². The molecule has 2 bridgehead atoms. The highest BCUT2D eigenvalue weighted by atomic mass is 19.1. The maximum absolute atomic E-state index is 13.1. The predicted octanol–water partition coefficient (Wildman–Crippen LogP) is 0.231. The van der Waals surface area contributed by atoms with Crippen molar-refractivity contribution in [3.63, 3.8) is 0 Å². The van der Waals surface area contributed by atoms with Crippen molar-refractivity contribution >= 4 is 17.7 Å². The van der Waals surface area contributed by atoms with E-state index in [1.165, 1.54) is 42.9 Å². The van der Waals surface area contributed by atoms with E-state index < -0.39 is 46.1 Å². The van der Waals surface area contributed by atoms with Gasteiger partial charge in [-0.15, -0.1) is 0 Å². The Labute approximate surface area is 188 Å². The number of carbonyl (C=O) groups excluding carboxylic acids is 3. The standard InChI is InChI=1S/C22H24FN5O5/c1-27(2)20(33)18(31)26-22-8-7-13(9-22)11-28-19(32)16(29)15(25-21(22)28)17(30)24-10-12-3-5-14(23)6-4-12/h3-6,13,29H,7-11H2,1-2H3,(H,24,30)(H,26,31). The highest BCUT2D eigenvalue weighted by Crippen LogP contribution is 2.45. The molecule has 174 valence electrons. The molecule has 1 aliphatic heterocycles. The van der Waals surface area contributed by atoms with Gasteiger partial charge >= 0.3 is 11.8 Å². The van der Waals surface area contributed by atoms with Crippen molar-refractivity contribution in [2.45, 2.75) is 37.9 Å². The Kier molecular flexibility index (Phi) is 5.64. The molecule has 2 aromatic rings. The van der Waals surface area contributed by atoms with Crippen molar-refractivity contribution in [1.29, 1.82) is 0 Å². The molecule has 1 aromatic carbocycles. The summed E-state index contributed by atoms with van der Waals surface area (Å²) in [5.74, 6) is -3.37. The van der Waals surface area contributed by atoms with Crippen molar-refractivity contribution in [3.05, 3.63) is 57.5 Å². The molecule has 33 heavy (non-hydrogen) atoms. The molecule has 11 heteroatoms. The third kappa shape index (κ3) is 4.06. The number of likely N-dealkylation sites (N-methyl/N-ethyl adjacent to an activating group) is 1. The highest BCUT2D eigenvalue weighted by Gasteiger charge is 2.50. The molecule has 0 saturated heterocycles. The van der Waals surface area contributed by atoms with Gasteiger partial charge < -0.3 is 20.6 Å². The number of hydrogen-bond acceptors (Lipinski definition) is 6. The van der Waals surface area contributed by atoms with Crippen LogP contribution in [0.2, 0.25) is 0 Å². The number of nitrogens with zero attached hydrogens (tertiary/aromatic N) is 3. The van der Waals surface area contributed by atoms with Crippen LogP contribution in [-0.2, 0) is 28.2 Å². The Hall–Kier alpha value is -3.76. The van der Waals surface area contributed by atoms with Crippen LogP contribution in [0.5, 0.6) is 5.75 Å². The maximum Gasteiger partial charge on any atom is 0.311 e. The molecule has 0 radical (unpaired) electrons. The zero-order valence-electron chi connectivity index (χ0n) is 18.2. The second-order valence-electron chi connectivity index (χ2n) is 8.70. The molecule has 2 atom stereocenters. The number of aromatic nitrogens is 2. The lowest BCUT2D eigenvalue weighted by molar-refractivity contribution is -0.145. The number of amides is 3. The van der Waals surface area contributed by atoms with Crippen molar-refractivity contribution in [2.75, 3.05) is 14.1 Å². The van der Waals surface area contributed by atoms with Crippen molar-refractivity contribution in [3.8, 4) is 5.75 Å². The fourth-order valence-corrected chi connectivity index (χ4v) is 4.51. The first-order valence-corrected chi connectivity index (χ1v) is 10.5. The van der Waals surface area contributed by atoms with Gasteiger partial charge in [-0.1, -0.05) is 12.1 Å². The summed E-state index contributed by atoms with van der Waals surface area (Å²) < 4.78 is 14.4. The van der Waals surface area contributed by atoms with Crippen LogP contribution >= 0.6 is 0 Å². The topological polar surface area (TPSA) is 134 Å². The fraction of sp³-hybridized carbons (Fsp3) is 0.409. The third-order valence-corrected chi connectivity index (χ3v) is 6.17. The van der Waals surface area contributed by atoms with Crippen molar-refractivity contribution in [1.82, 2.24) is 25.1 Å². The van der Waals surface area contributed by atoms with Crippen LogP contribution in [0, 0.1) is 11.7 Å². The minimum atomic E-state index is -1.09. The number of carbonyl (C=O) groups is 3. The van der Waals surface area contributed by atoms with Gasteiger partial charge in [0, 0.05) is 27.2 Å². The van der Waals surface area contributed by atoms with E-state index >= 15 is 0 Å². The molecule has 3 N–H and O–H groups in total. The highest BCUT2D eigenvalue weighted by molar-refractivity contribution is 6.35. The lowest BCUT2D eigenvalue weighted by Crippen LogP contribution is -2.54. The Balaban J connectivity index is 1.67. The second kappa shape index (κ2) is 8.30. The van der Waals surface area contributed by atoms with Crippen LogP contribution in [0.4, 0.5) is 4.39 Å². The first kappa shape index (κ1) is 22.4. The number of hydrogen-bond donors (Lipinski definition) is 3. The van der Waals surface area contributed by atoms with E-state index in [0.29, 0.717) is 31.4 Å². The summed E-state index contributed by atoms with van der Waals surface area (Å²) in [6.07, 6.45) is 1.59. The zero-order chi connectivity index (χ0) is 23.9. The van der Waals surface area contributed by atoms with Gasteiger partial charge in [-0.05, 0) is 42.9 Å². The van der Waals surface area contributed by atoms with E-state index in [1.807, 2.05) is 0 Å². The quantitative estimate of drug-likeness (QED) is 0.563. The summed E-state index contributed by atoms with van der Waals surface area (Å²) in [4.78, 5) is 55.8. The number of fused-ring (bicyclic) bond motifs is 4. The lowest BCUT2D eigenvalue weighted by Gasteiger charge is -2.36. The van der Waals surface area contributed by atoms with Gasteiger partial charge in [0.2, 0.25) is 5.75 Å². The minimum Gasteiger partial charge on any atom is -0.501 e. The monoisotopic (exact) mass is 457 g/mol. The summed E-state index contributed by atoms with van der Waals surface area (Å²) in [6, 6.07) is 5.49. The molecule has 2 heterocycles. The summed E-state index contributed by atoms with van der Waals surface area (Å²) in [7, 11) is 2.91. The van der Waals surface area contributed by atoms with Crippen LogP contribution in [0.15, 0.2) is 29.1 Å². The van der Waals surface area contributed by atoms with Gasteiger partial charge in [-0.3, -0.25) is 23.7 Å². The van der Waals surface area contributed by atoms with Gasteiger partial charge in [0.25, 0.3) is 11.5 Å². The van der Waals surface area contributed by atoms with Gasteiger partial charge in [0.05, 0.1) is 5.54 Å². The molecule has 4 rings (SSSR count). The van der Waals surface area contributed by atoms with Gasteiger partial charge in [-0.2, -0.15) is 0 Å². The number of aromatic hydroxyl groups is 1. The first-order chi connectivity index (χ1) is 15.6. The largest absolute Gasteiger partial charge is 0.501 e. The average molecular weight is 457 g/mol. The second-order valence-corrected chi connectivity index (χ2v) is 8.70. The molecular formula is C22H24FN5O5. The SMILES string of the molecule is CN(C)C(=O)C(=O)NC12CCC(Cn3c1nc(C(=O)NCc1ccc(F)cc1)c(O)c3=O)C2. The van der Waals surface area contributed by atoms with Gasteiger partial charge in [0.15, 0.2) is 5.69 Å². The molecular weight excluding hydrogens is 433 g/mol. The van der Waals surface area contributed by atoms with E-state index in [0.717, 1.165) is 4.90 Å². The smallest absolute Gasteiger partial charge is 0.311 e. The summed E-state index contributed by atoms with van der Waals surface area (Å²) >= 11 is 0. The van der Waals surface area contributed by atoms with Crippen LogP contribution in [0.1, 0.15) is 41.1 Å². The lowest BCUT2D eigenvalue weighted by atomic mass is 9.90. The summed E-state index contributed by atoms with van der Waals surface area (Å²) in [6.45, 7) is 0.325. The number of nitrogens with one attached hydrogen (secondary N) is 2. The van der Waals surface area contributed by atoms with Crippen molar-refractivity contribution in [2.24, 2.45) is 5.92 Å². The van der Waals surface area contributed by atoms with Crippen molar-refractivity contribution < 1.29 is 23.9 Å². The number of halogens is 1. The van der Waals surface area contributed by atoms with Crippen LogP contribution in [0.25, 0.3) is 0 Å². The summed E-state index contributed by atoms with van der Waals surface area (Å²) in [5, 5.41) is 15.7. The predicted molar refractivity (Wildman–Crippen MR) is 114 cm³/mol. The van der Waals surface area contributed by atoms with Crippen LogP contribution in [0.3, 0.4) is 0 Å². The molecule has 0 spiro atoms. The fourth-order valence-electron chi connectivity index (χ4n) is 4.51. The average Bonchev–Trinajstić information content (AvgIpc) is 3.12. The van der Waals surface area contributed by atoms with Gasteiger partial charge in [-0.25, -0.2) is 9.37 Å². The molecule has 1 saturated carbocycles. The van der Waals surface area contributed by atoms with E-state index in [4.69, 9.17) is 0 Å². The normalized spacial score (nSPS) is 20.6. The Morgan fingerprint density at radius 3 is 2.64 bits per heavy atom. The minimum absolute atomic E-state index is 0.0277. The molecule has 1 fully saturated rings. The summed E-state index contributed by atoms with van der Waals surface area (Å²) in [5.41, 5.74) is -1.73. The molecule has 2 aliphatic rings. The van der Waals surface area contributed by atoms with Gasteiger partial charge in [0.1, 0.15) is 11.6 Å². The van der Waals surface area contributed by atoms with E-state index in [1.54, 1.807) is 0 Å². The number of benzene rings is 1. The molecule has 2 unspecified atom stereocenters.